The first-order chi connectivity index (χ1) is 18.0. The number of hydrogen-bond acceptors (Lipinski definition) is 5. The van der Waals surface area contributed by atoms with Crippen molar-refractivity contribution in [2.24, 2.45) is 0 Å². The molecule has 0 unspecified atom stereocenters. The molecule has 0 bridgehead atoms. The van der Waals surface area contributed by atoms with Gasteiger partial charge in [0.25, 0.3) is 5.91 Å². The maximum Gasteiger partial charge on any atom is 0.321 e. The molecule has 1 aliphatic heterocycles. The van der Waals surface area contributed by atoms with Gasteiger partial charge in [0.05, 0.1) is 18.8 Å². The van der Waals surface area contributed by atoms with Crippen molar-refractivity contribution in [2.75, 3.05) is 13.7 Å². The third kappa shape index (κ3) is 4.86. The Balaban J connectivity index is 1.44. The fourth-order valence-corrected chi connectivity index (χ4v) is 4.75. The summed E-state index contributed by atoms with van der Waals surface area (Å²) in [7, 11) is 1.56. The van der Waals surface area contributed by atoms with E-state index in [9.17, 15) is 14.4 Å². The Kier molecular flexibility index (Phi) is 6.55. The molecule has 0 radical (unpaired) electrons. The number of nitrogens with zero attached hydrogens (tertiary/aromatic N) is 2. The zero-order valence-corrected chi connectivity index (χ0v) is 20.5. The SMILES string of the molecule is COc1ccc2c(c1)C(=O)N(C[C@H](NC(=O)NC=O)c1ccc(-c3nc(C)cc4ccccc34)cc1)C2. The number of aromatic nitrogens is 1. The quantitative estimate of drug-likeness (QED) is 0.372. The first-order valence-electron chi connectivity index (χ1n) is 11.9. The Bertz CT molecular complexity index is 1500. The molecular weight excluding hydrogens is 468 g/mol. The number of aryl methyl sites for hydroxylation is 1. The van der Waals surface area contributed by atoms with Crippen molar-refractivity contribution in [3.63, 3.8) is 0 Å². The van der Waals surface area contributed by atoms with Gasteiger partial charge in [0.1, 0.15) is 5.75 Å². The monoisotopic (exact) mass is 494 g/mol. The number of ether oxygens (including phenoxy) is 1. The van der Waals surface area contributed by atoms with E-state index >= 15 is 0 Å². The summed E-state index contributed by atoms with van der Waals surface area (Å²) >= 11 is 0. The van der Waals surface area contributed by atoms with Gasteiger partial charge in [-0.15, -0.1) is 0 Å². The van der Waals surface area contributed by atoms with Crippen molar-refractivity contribution in [3.05, 3.63) is 95.2 Å². The Morgan fingerprint density at radius 1 is 1.11 bits per heavy atom. The molecule has 2 N–H and O–H groups in total. The number of carbonyl (C=O) groups excluding carboxylic acids is 3. The summed E-state index contributed by atoms with van der Waals surface area (Å²) in [6.07, 6.45) is 0.327. The molecule has 0 saturated carbocycles. The largest absolute Gasteiger partial charge is 0.497 e. The highest BCUT2D eigenvalue weighted by Crippen LogP contribution is 2.31. The van der Waals surface area contributed by atoms with Crippen LogP contribution in [-0.4, -0.2) is 41.9 Å². The Morgan fingerprint density at radius 3 is 2.65 bits per heavy atom. The molecule has 0 spiro atoms. The zero-order valence-electron chi connectivity index (χ0n) is 20.5. The van der Waals surface area contributed by atoms with E-state index in [1.165, 1.54) is 0 Å². The van der Waals surface area contributed by atoms with E-state index in [1.807, 2.05) is 61.5 Å². The summed E-state index contributed by atoms with van der Waals surface area (Å²) in [5.74, 6) is 0.477. The van der Waals surface area contributed by atoms with E-state index in [4.69, 9.17) is 9.72 Å². The Hall–Kier alpha value is -4.72. The third-order valence-electron chi connectivity index (χ3n) is 6.55. The molecule has 37 heavy (non-hydrogen) atoms. The highest BCUT2D eigenvalue weighted by atomic mass is 16.5. The van der Waals surface area contributed by atoms with Crippen LogP contribution in [0.25, 0.3) is 22.0 Å². The maximum atomic E-state index is 13.1. The molecule has 1 aliphatic rings. The summed E-state index contributed by atoms with van der Waals surface area (Å²) in [6, 6.07) is 22.2. The van der Waals surface area contributed by atoms with Crippen molar-refractivity contribution in [1.82, 2.24) is 20.5 Å². The van der Waals surface area contributed by atoms with Gasteiger partial charge in [0, 0.05) is 35.3 Å². The topological polar surface area (TPSA) is 101 Å². The number of imide groups is 1. The van der Waals surface area contributed by atoms with Crippen LogP contribution in [0.2, 0.25) is 0 Å². The molecule has 0 fully saturated rings. The summed E-state index contributed by atoms with van der Waals surface area (Å²) < 4.78 is 5.26. The van der Waals surface area contributed by atoms with Crippen molar-refractivity contribution < 1.29 is 19.1 Å². The number of amides is 4. The lowest BCUT2D eigenvalue weighted by atomic mass is 9.99. The number of methoxy groups -OCH3 is 1. The second-order valence-corrected chi connectivity index (χ2v) is 8.95. The van der Waals surface area contributed by atoms with Crippen molar-refractivity contribution in [1.29, 1.82) is 0 Å². The van der Waals surface area contributed by atoms with Gasteiger partial charge in [-0.05, 0) is 41.6 Å². The predicted molar refractivity (Wildman–Crippen MR) is 140 cm³/mol. The van der Waals surface area contributed by atoms with Crippen LogP contribution in [0.1, 0.15) is 33.2 Å². The Morgan fingerprint density at radius 2 is 1.89 bits per heavy atom. The maximum absolute atomic E-state index is 13.1. The number of pyridine rings is 1. The smallest absolute Gasteiger partial charge is 0.321 e. The normalized spacial score (nSPS) is 13.2. The highest BCUT2D eigenvalue weighted by Gasteiger charge is 2.30. The van der Waals surface area contributed by atoms with Crippen molar-refractivity contribution in [2.45, 2.75) is 19.5 Å². The zero-order chi connectivity index (χ0) is 25.9. The number of urea groups is 1. The van der Waals surface area contributed by atoms with Crippen LogP contribution in [0, 0.1) is 6.92 Å². The number of rotatable bonds is 7. The van der Waals surface area contributed by atoms with E-state index in [2.05, 4.69) is 22.8 Å². The second kappa shape index (κ2) is 10.1. The molecule has 3 aromatic carbocycles. The first-order valence-corrected chi connectivity index (χ1v) is 11.9. The molecule has 186 valence electrons. The molecule has 5 rings (SSSR count). The van der Waals surface area contributed by atoms with E-state index in [-0.39, 0.29) is 12.5 Å². The molecular formula is C29H26N4O4. The van der Waals surface area contributed by atoms with Gasteiger partial charge in [0.15, 0.2) is 0 Å². The molecule has 8 nitrogen and oxygen atoms in total. The van der Waals surface area contributed by atoms with Crippen LogP contribution in [0.3, 0.4) is 0 Å². The molecule has 1 aromatic heterocycles. The minimum atomic E-state index is -0.638. The highest BCUT2D eigenvalue weighted by molar-refractivity contribution is 5.99. The standard InChI is InChI=1S/C29H26N4O4/c1-18-13-21-5-3-4-6-24(21)27(31-18)20-9-7-19(8-10-20)26(32-29(36)30-17-34)16-33-15-22-11-12-23(37-2)14-25(22)28(33)35/h3-14,17,26H,15-16H2,1-2H3,(H2,30,32,34,36)/t26-/m0/s1. The molecule has 2 heterocycles. The third-order valence-corrected chi connectivity index (χ3v) is 6.55. The summed E-state index contributed by atoms with van der Waals surface area (Å²) in [6.45, 7) is 2.62. The molecule has 0 saturated heterocycles. The van der Waals surface area contributed by atoms with E-state index in [0.717, 1.165) is 38.9 Å². The van der Waals surface area contributed by atoms with Gasteiger partial charge in [0.2, 0.25) is 6.41 Å². The fourth-order valence-electron chi connectivity index (χ4n) is 4.75. The average molecular weight is 495 g/mol. The van der Waals surface area contributed by atoms with Gasteiger partial charge in [-0.25, -0.2) is 4.79 Å². The van der Waals surface area contributed by atoms with Gasteiger partial charge < -0.3 is 15.0 Å². The Labute approximate surface area is 214 Å². The fraction of sp³-hybridized carbons (Fsp3) is 0.172. The number of fused-ring (bicyclic) bond motifs is 2. The minimum absolute atomic E-state index is 0.136. The number of carbonyl (C=O) groups is 3. The lowest BCUT2D eigenvalue weighted by Gasteiger charge is -2.25. The molecule has 1 atom stereocenters. The summed E-state index contributed by atoms with van der Waals surface area (Å²) in [4.78, 5) is 42.7. The van der Waals surface area contributed by atoms with Crippen LogP contribution in [0.15, 0.2) is 72.8 Å². The molecule has 8 heteroatoms. The second-order valence-electron chi connectivity index (χ2n) is 8.95. The van der Waals surface area contributed by atoms with E-state index < -0.39 is 12.1 Å². The first kappa shape index (κ1) is 24.0. The van der Waals surface area contributed by atoms with Crippen LogP contribution >= 0.6 is 0 Å². The van der Waals surface area contributed by atoms with Crippen molar-refractivity contribution >= 4 is 29.1 Å². The number of nitrogens with one attached hydrogen (secondary N) is 2. The van der Waals surface area contributed by atoms with Crippen LogP contribution < -0.4 is 15.4 Å². The van der Waals surface area contributed by atoms with E-state index in [0.29, 0.717) is 24.3 Å². The molecule has 4 aromatic rings. The van der Waals surface area contributed by atoms with Crippen molar-refractivity contribution in [3.8, 4) is 17.0 Å². The summed E-state index contributed by atoms with van der Waals surface area (Å²) in [5.41, 5.74) is 5.02. The van der Waals surface area contributed by atoms with Gasteiger partial charge in [-0.3, -0.25) is 19.9 Å². The lowest BCUT2D eigenvalue weighted by molar-refractivity contribution is -0.108. The molecule has 4 amide bonds. The predicted octanol–water partition coefficient (Wildman–Crippen LogP) is 4.37. The van der Waals surface area contributed by atoms with E-state index in [1.54, 1.807) is 18.1 Å². The minimum Gasteiger partial charge on any atom is -0.497 e. The van der Waals surface area contributed by atoms with Crippen LogP contribution in [0.5, 0.6) is 5.75 Å². The summed E-state index contributed by atoms with van der Waals surface area (Å²) in [5, 5.41) is 7.10. The molecule has 0 aliphatic carbocycles. The van der Waals surface area contributed by atoms with Crippen LogP contribution in [0.4, 0.5) is 4.79 Å². The van der Waals surface area contributed by atoms with Crippen LogP contribution in [-0.2, 0) is 11.3 Å². The number of benzene rings is 3. The van der Waals surface area contributed by atoms with Gasteiger partial charge >= 0.3 is 6.03 Å². The van der Waals surface area contributed by atoms with Gasteiger partial charge in [-0.1, -0.05) is 54.6 Å². The lowest BCUT2D eigenvalue weighted by Crippen LogP contribution is -2.42. The number of hydrogen-bond donors (Lipinski definition) is 2. The average Bonchev–Trinajstić information content (AvgIpc) is 3.22. The van der Waals surface area contributed by atoms with Gasteiger partial charge in [-0.2, -0.15) is 0 Å².